The van der Waals surface area contributed by atoms with Crippen LogP contribution in [0.1, 0.15) is 5.56 Å². The molecule has 3 rings (SSSR count). The number of nitriles is 1. The fraction of sp³-hybridized carbons (Fsp3) is 0.111. The summed E-state index contributed by atoms with van der Waals surface area (Å²) in [4.78, 5) is 12.7. The Kier molecular flexibility index (Phi) is 5.39. The number of anilines is 1. The van der Waals surface area contributed by atoms with E-state index in [1.54, 1.807) is 18.2 Å². The molecule has 8 heteroatoms. The van der Waals surface area contributed by atoms with E-state index in [2.05, 4.69) is 5.32 Å². The molecule has 1 heterocycles. The zero-order valence-electron chi connectivity index (χ0n) is 13.2. The molecule has 132 valence electrons. The molecule has 26 heavy (non-hydrogen) atoms. The van der Waals surface area contributed by atoms with Crippen LogP contribution in [0.5, 0.6) is 11.5 Å². The van der Waals surface area contributed by atoms with Crippen molar-refractivity contribution in [2.24, 2.45) is 0 Å². The highest BCUT2D eigenvalue weighted by molar-refractivity contribution is 7.99. The molecule has 0 aromatic heterocycles. The van der Waals surface area contributed by atoms with Gasteiger partial charge in [0.1, 0.15) is 11.6 Å². The number of ether oxygens (including phenoxy) is 2. The Hall–Kier alpha value is -3.05. The maximum Gasteiger partial charge on any atom is 0.288 e. The van der Waals surface area contributed by atoms with Crippen LogP contribution >= 0.6 is 11.8 Å². The normalized spacial score (nSPS) is 12.8. The highest BCUT2D eigenvalue weighted by Gasteiger charge is 2.18. The first-order valence-corrected chi connectivity index (χ1v) is 8.31. The van der Waals surface area contributed by atoms with Crippen LogP contribution in [0.3, 0.4) is 0 Å². The number of rotatable bonds is 5. The van der Waals surface area contributed by atoms with Crippen LogP contribution in [0.4, 0.5) is 14.5 Å². The van der Waals surface area contributed by atoms with Crippen LogP contribution in [0.25, 0.3) is 6.08 Å². The Balaban J connectivity index is 1.76. The molecule has 5 nitrogen and oxygen atoms in total. The van der Waals surface area contributed by atoms with E-state index in [1.165, 1.54) is 30.3 Å². The van der Waals surface area contributed by atoms with Crippen LogP contribution in [-0.2, 0) is 4.79 Å². The van der Waals surface area contributed by atoms with Gasteiger partial charge in [0.2, 0.25) is 6.79 Å². The van der Waals surface area contributed by atoms with E-state index < -0.39 is 11.7 Å². The number of carbonyl (C=O) groups excluding carboxylic acids is 1. The summed E-state index contributed by atoms with van der Waals surface area (Å²) in [6.45, 7) is 0.0806. The highest BCUT2D eigenvalue weighted by atomic mass is 32.2. The molecular weight excluding hydrogens is 362 g/mol. The SMILES string of the molecule is N#C/C(=C/c1cccc2c1OCO2)C(=O)Nc1ccc(SC(F)F)cc1. The predicted molar refractivity (Wildman–Crippen MR) is 93.1 cm³/mol. The fourth-order valence-corrected chi connectivity index (χ4v) is 2.79. The van der Waals surface area contributed by atoms with Crippen LogP contribution < -0.4 is 14.8 Å². The van der Waals surface area contributed by atoms with Crippen molar-refractivity contribution >= 4 is 29.4 Å². The highest BCUT2D eigenvalue weighted by Crippen LogP contribution is 2.36. The molecule has 0 spiro atoms. The van der Waals surface area contributed by atoms with Gasteiger partial charge in [-0.15, -0.1) is 0 Å². The van der Waals surface area contributed by atoms with Crippen molar-refractivity contribution < 1.29 is 23.0 Å². The molecule has 1 amide bonds. The number of alkyl halides is 2. The first-order chi connectivity index (χ1) is 12.6. The predicted octanol–water partition coefficient (Wildman–Crippen LogP) is 4.28. The van der Waals surface area contributed by atoms with Gasteiger partial charge < -0.3 is 14.8 Å². The lowest BCUT2D eigenvalue weighted by molar-refractivity contribution is -0.112. The third-order valence-electron chi connectivity index (χ3n) is 3.43. The molecule has 0 unspecified atom stereocenters. The molecule has 0 saturated heterocycles. The van der Waals surface area contributed by atoms with Gasteiger partial charge in [0.05, 0.1) is 0 Å². The van der Waals surface area contributed by atoms with Crippen molar-refractivity contribution in [1.29, 1.82) is 5.26 Å². The maximum atomic E-state index is 12.3. The van der Waals surface area contributed by atoms with E-state index in [-0.39, 0.29) is 12.4 Å². The van der Waals surface area contributed by atoms with Gasteiger partial charge in [0.25, 0.3) is 11.7 Å². The molecule has 0 fully saturated rings. The van der Waals surface area contributed by atoms with Gasteiger partial charge in [0.15, 0.2) is 11.5 Å². The van der Waals surface area contributed by atoms with Crippen molar-refractivity contribution in [3.05, 3.63) is 53.6 Å². The molecule has 0 saturated carbocycles. The van der Waals surface area contributed by atoms with Gasteiger partial charge >= 0.3 is 0 Å². The number of benzene rings is 2. The van der Waals surface area contributed by atoms with E-state index in [0.717, 1.165) is 0 Å². The summed E-state index contributed by atoms with van der Waals surface area (Å²) < 4.78 is 35.2. The van der Waals surface area contributed by atoms with Crippen molar-refractivity contribution in [2.75, 3.05) is 12.1 Å². The zero-order chi connectivity index (χ0) is 18.5. The average molecular weight is 374 g/mol. The summed E-state index contributed by atoms with van der Waals surface area (Å²) in [5, 5.41) is 11.9. The van der Waals surface area contributed by atoms with E-state index >= 15 is 0 Å². The molecule has 0 aliphatic carbocycles. The number of carbonyl (C=O) groups is 1. The number of para-hydroxylation sites is 1. The zero-order valence-corrected chi connectivity index (χ0v) is 14.1. The van der Waals surface area contributed by atoms with Crippen LogP contribution in [-0.4, -0.2) is 18.5 Å². The Bertz CT molecular complexity index is 892. The number of amides is 1. The number of hydrogen-bond donors (Lipinski definition) is 1. The molecule has 2 aromatic rings. The maximum absolute atomic E-state index is 12.3. The van der Waals surface area contributed by atoms with Crippen LogP contribution in [0.2, 0.25) is 0 Å². The van der Waals surface area contributed by atoms with Crippen molar-refractivity contribution in [1.82, 2.24) is 0 Å². The number of halogens is 2. The molecule has 1 aliphatic heterocycles. The lowest BCUT2D eigenvalue weighted by atomic mass is 10.1. The van der Waals surface area contributed by atoms with E-state index in [9.17, 15) is 18.8 Å². The van der Waals surface area contributed by atoms with Crippen molar-refractivity contribution in [3.63, 3.8) is 0 Å². The monoisotopic (exact) mass is 374 g/mol. The minimum Gasteiger partial charge on any atom is -0.454 e. The Labute approximate surface area is 152 Å². The molecule has 2 aromatic carbocycles. The van der Waals surface area contributed by atoms with Gasteiger partial charge in [-0.2, -0.15) is 14.0 Å². The van der Waals surface area contributed by atoms with Crippen LogP contribution in [0.15, 0.2) is 52.9 Å². The van der Waals surface area contributed by atoms with Gasteiger partial charge in [-0.3, -0.25) is 4.79 Å². The number of hydrogen-bond acceptors (Lipinski definition) is 5. The quantitative estimate of drug-likeness (QED) is 0.481. The standard InChI is InChI=1S/C18H12F2N2O3S/c19-18(20)26-14-6-4-13(5-7-14)22-17(23)12(9-21)8-11-2-1-3-15-16(11)25-10-24-15/h1-8,18H,10H2,(H,22,23)/b12-8-. The number of nitrogens with zero attached hydrogens (tertiary/aromatic N) is 1. The lowest BCUT2D eigenvalue weighted by Crippen LogP contribution is -2.13. The second-order valence-corrected chi connectivity index (χ2v) is 6.17. The van der Waals surface area contributed by atoms with E-state index in [0.29, 0.717) is 39.4 Å². The first kappa shape index (κ1) is 17.8. The second-order valence-electron chi connectivity index (χ2n) is 5.11. The van der Waals surface area contributed by atoms with Gasteiger partial charge in [0, 0.05) is 16.1 Å². The lowest BCUT2D eigenvalue weighted by Gasteiger charge is -2.06. The Morgan fingerprint density at radius 2 is 2.00 bits per heavy atom. The summed E-state index contributed by atoms with van der Waals surface area (Å²) >= 11 is 0.414. The summed E-state index contributed by atoms with van der Waals surface area (Å²) in [5.74, 6) is -2.11. The molecule has 1 aliphatic rings. The fourth-order valence-electron chi connectivity index (χ4n) is 2.29. The number of fused-ring (bicyclic) bond motifs is 1. The largest absolute Gasteiger partial charge is 0.454 e. The molecular formula is C18H12F2N2O3S. The van der Waals surface area contributed by atoms with Gasteiger partial charge in [-0.1, -0.05) is 23.9 Å². The Morgan fingerprint density at radius 3 is 2.69 bits per heavy atom. The van der Waals surface area contributed by atoms with E-state index in [4.69, 9.17) is 9.47 Å². The van der Waals surface area contributed by atoms with Gasteiger partial charge in [-0.25, -0.2) is 0 Å². The summed E-state index contributed by atoms with van der Waals surface area (Å²) in [6, 6.07) is 12.9. The molecule has 0 radical (unpaired) electrons. The summed E-state index contributed by atoms with van der Waals surface area (Å²) in [5.41, 5.74) is 0.822. The van der Waals surface area contributed by atoms with Crippen molar-refractivity contribution in [3.8, 4) is 17.6 Å². The van der Waals surface area contributed by atoms with Crippen LogP contribution in [0, 0.1) is 11.3 Å². The third-order valence-corrected chi connectivity index (χ3v) is 4.15. The topological polar surface area (TPSA) is 71.3 Å². The van der Waals surface area contributed by atoms with E-state index in [1.807, 2.05) is 6.07 Å². The average Bonchev–Trinajstić information content (AvgIpc) is 3.10. The van der Waals surface area contributed by atoms with Gasteiger partial charge in [-0.05, 0) is 36.4 Å². The Morgan fingerprint density at radius 1 is 1.23 bits per heavy atom. The molecule has 0 atom stereocenters. The van der Waals surface area contributed by atoms with Crippen molar-refractivity contribution in [2.45, 2.75) is 10.7 Å². The first-order valence-electron chi connectivity index (χ1n) is 7.43. The number of thioether (sulfide) groups is 1. The smallest absolute Gasteiger partial charge is 0.288 e. The summed E-state index contributed by atoms with van der Waals surface area (Å²) in [6.07, 6.45) is 1.41. The second kappa shape index (κ2) is 7.89. The third kappa shape index (κ3) is 4.13. The molecule has 1 N–H and O–H groups in total. The number of nitrogens with one attached hydrogen (secondary N) is 1. The minimum absolute atomic E-state index is 0.0806. The molecule has 0 bridgehead atoms. The minimum atomic E-state index is -2.51. The summed E-state index contributed by atoms with van der Waals surface area (Å²) in [7, 11) is 0.